The van der Waals surface area contributed by atoms with Gasteiger partial charge < -0.3 is 4.90 Å². The Kier molecular flexibility index (Phi) is 3.81. The normalized spacial score (nSPS) is 16.0. The number of ketones is 1. The van der Waals surface area contributed by atoms with Gasteiger partial charge in [0.25, 0.3) is 5.78 Å². The fourth-order valence-electron chi connectivity index (χ4n) is 2.89. The summed E-state index contributed by atoms with van der Waals surface area (Å²) in [6, 6.07) is 9.81. The standard InChI is InChI=1S/C17H16F3NO/c18-17(19,20)16(22)14-5-4-13-11-15(7-6-12(13)10-14)21-8-2-1-3-9-21/h4-7,10-11H,1-3,8-9H2. The number of Topliss-reactive ketones (excluding diaryl/α,β-unsaturated/α-hetero) is 1. The van der Waals surface area contributed by atoms with Gasteiger partial charge in [-0.15, -0.1) is 0 Å². The number of anilines is 1. The molecule has 0 N–H and O–H groups in total. The molecule has 0 saturated carbocycles. The quantitative estimate of drug-likeness (QED) is 0.757. The number of piperidine rings is 1. The van der Waals surface area contributed by atoms with Crippen molar-refractivity contribution in [1.82, 2.24) is 0 Å². The van der Waals surface area contributed by atoms with Gasteiger partial charge in [-0.1, -0.05) is 18.2 Å². The Morgan fingerprint density at radius 2 is 1.55 bits per heavy atom. The third kappa shape index (κ3) is 2.93. The Morgan fingerprint density at radius 3 is 2.23 bits per heavy atom. The maximum absolute atomic E-state index is 12.5. The molecule has 5 heteroatoms. The Bertz CT molecular complexity index is 703. The van der Waals surface area contributed by atoms with E-state index in [-0.39, 0.29) is 5.56 Å². The summed E-state index contributed by atoms with van der Waals surface area (Å²) in [7, 11) is 0. The summed E-state index contributed by atoms with van der Waals surface area (Å²) in [5.74, 6) is -1.80. The molecule has 116 valence electrons. The molecule has 0 aliphatic carbocycles. The van der Waals surface area contributed by atoms with E-state index in [1.54, 1.807) is 12.1 Å². The van der Waals surface area contributed by atoms with Gasteiger partial charge in [-0.05, 0) is 48.2 Å². The van der Waals surface area contributed by atoms with Crippen molar-refractivity contribution in [2.24, 2.45) is 0 Å². The van der Waals surface area contributed by atoms with Crippen LogP contribution in [-0.4, -0.2) is 25.0 Å². The summed E-state index contributed by atoms with van der Waals surface area (Å²) in [6.45, 7) is 2.02. The Hall–Kier alpha value is -2.04. The third-order valence-electron chi connectivity index (χ3n) is 4.06. The second-order valence-electron chi connectivity index (χ2n) is 5.62. The van der Waals surface area contributed by atoms with Gasteiger partial charge in [0.05, 0.1) is 0 Å². The number of alkyl halides is 3. The molecule has 2 aromatic carbocycles. The molecule has 2 nitrogen and oxygen atoms in total. The first-order chi connectivity index (χ1) is 10.4. The molecule has 1 heterocycles. The van der Waals surface area contributed by atoms with Crippen molar-refractivity contribution in [2.45, 2.75) is 25.4 Å². The van der Waals surface area contributed by atoms with Crippen LogP contribution in [0.5, 0.6) is 0 Å². The van der Waals surface area contributed by atoms with E-state index in [9.17, 15) is 18.0 Å². The SMILES string of the molecule is O=C(c1ccc2cc(N3CCCCC3)ccc2c1)C(F)(F)F. The summed E-state index contributed by atoms with van der Waals surface area (Å²) in [4.78, 5) is 13.6. The summed E-state index contributed by atoms with van der Waals surface area (Å²) < 4.78 is 37.5. The van der Waals surface area contributed by atoms with Crippen LogP contribution < -0.4 is 4.90 Å². The molecule has 0 aromatic heterocycles. The molecule has 22 heavy (non-hydrogen) atoms. The fraction of sp³-hybridized carbons (Fsp3) is 0.353. The van der Waals surface area contributed by atoms with Crippen LogP contribution in [0.15, 0.2) is 36.4 Å². The number of hydrogen-bond acceptors (Lipinski definition) is 2. The van der Waals surface area contributed by atoms with Crippen LogP contribution in [0.1, 0.15) is 29.6 Å². The Morgan fingerprint density at radius 1 is 0.909 bits per heavy atom. The molecular weight excluding hydrogens is 291 g/mol. The predicted molar refractivity (Wildman–Crippen MR) is 80.4 cm³/mol. The van der Waals surface area contributed by atoms with E-state index < -0.39 is 12.0 Å². The highest BCUT2D eigenvalue weighted by Gasteiger charge is 2.39. The van der Waals surface area contributed by atoms with Crippen molar-refractivity contribution < 1.29 is 18.0 Å². The van der Waals surface area contributed by atoms with Crippen LogP contribution >= 0.6 is 0 Å². The van der Waals surface area contributed by atoms with Gasteiger partial charge in [0, 0.05) is 24.3 Å². The molecule has 1 fully saturated rings. The van der Waals surface area contributed by atoms with Crippen molar-refractivity contribution >= 4 is 22.2 Å². The van der Waals surface area contributed by atoms with Crippen LogP contribution in [0, 0.1) is 0 Å². The number of hydrogen-bond donors (Lipinski definition) is 0. The van der Waals surface area contributed by atoms with Crippen molar-refractivity contribution in [2.75, 3.05) is 18.0 Å². The largest absolute Gasteiger partial charge is 0.454 e. The minimum Gasteiger partial charge on any atom is -0.372 e. The van der Waals surface area contributed by atoms with E-state index in [0.29, 0.717) is 5.39 Å². The van der Waals surface area contributed by atoms with E-state index >= 15 is 0 Å². The van der Waals surface area contributed by atoms with Crippen LogP contribution in [0.3, 0.4) is 0 Å². The lowest BCUT2D eigenvalue weighted by Gasteiger charge is -2.29. The minimum absolute atomic E-state index is 0.314. The average Bonchev–Trinajstić information content (AvgIpc) is 2.53. The third-order valence-corrected chi connectivity index (χ3v) is 4.06. The number of carbonyl (C=O) groups excluding carboxylic acids is 1. The van der Waals surface area contributed by atoms with Gasteiger partial charge in [0.15, 0.2) is 0 Å². The second-order valence-corrected chi connectivity index (χ2v) is 5.62. The summed E-state index contributed by atoms with van der Waals surface area (Å²) >= 11 is 0. The second kappa shape index (κ2) is 5.63. The number of halogens is 3. The Balaban J connectivity index is 1.93. The molecule has 0 bridgehead atoms. The number of nitrogens with zero attached hydrogens (tertiary/aromatic N) is 1. The zero-order valence-electron chi connectivity index (χ0n) is 12.0. The zero-order chi connectivity index (χ0) is 15.7. The van der Waals surface area contributed by atoms with E-state index in [1.807, 2.05) is 12.1 Å². The smallest absolute Gasteiger partial charge is 0.372 e. The summed E-state index contributed by atoms with van der Waals surface area (Å²) in [5, 5.41) is 1.50. The van der Waals surface area contributed by atoms with E-state index in [1.165, 1.54) is 18.6 Å². The first-order valence-corrected chi connectivity index (χ1v) is 7.35. The molecule has 2 aromatic rings. The summed E-state index contributed by atoms with van der Waals surface area (Å²) in [6.07, 6.45) is -1.26. The molecule has 0 amide bonds. The van der Waals surface area contributed by atoms with Crippen molar-refractivity contribution in [3.05, 3.63) is 42.0 Å². The van der Waals surface area contributed by atoms with Gasteiger partial charge in [-0.25, -0.2) is 0 Å². The summed E-state index contributed by atoms with van der Waals surface area (Å²) in [5.41, 5.74) is 0.771. The minimum atomic E-state index is -4.83. The maximum atomic E-state index is 12.5. The predicted octanol–water partition coefficient (Wildman–Crippen LogP) is 4.58. The van der Waals surface area contributed by atoms with Gasteiger partial charge in [0.2, 0.25) is 0 Å². The number of carbonyl (C=O) groups is 1. The molecule has 0 atom stereocenters. The highest BCUT2D eigenvalue weighted by atomic mass is 19.4. The fourth-order valence-corrected chi connectivity index (χ4v) is 2.89. The topological polar surface area (TPSA) is 20.3 Å². The van der Waals surface area contributed by atoms with Crippen LogP contribution in [0.25, 0.3) is 10.8 Å². The first kappa shape index (κ1) is 14.9. The van der Waals surface area contributed by atoms with Gasteiger partial charge in [0.1, 0.15) is 0 Å². The number of rotatable bonds is 2. The number of fused-ring (bicyclic) bond motifs is 1. The molecule has 0 radical (unpaired) electrons. The molecule has 0 spiro atoms. The lowest BCUT2D eigenvalue weighted by Crippen LogP contribution is -2.29. The lowest BCUT2D eigenvalue weighted by atomic mass is 10.0. The molecule has 1 aliphatic rings. The molecule has 1 saturated heterocycles. The van der Waals surface area contributed by atoms with Crippen molar-refractivity contribution in [1.29, 1.82) is 0 Å². The molecule has 1 aliphatic heterocycles. The number of benzene rings is 2. The van der Waals surface area contributed by atoms with E-state index in [2.05, 4.69) is 4.90 Å². The van der Waals surface area contributed by atoms with Crippen LogP contribution in [-0.2, 0) is 0 Å². The molecule has 3 rings (SSSR count). The van der Waals surface area contributed by atoms with Crippen LogP contribution in [0.2, 0.25) is 0 Å². The maximum Gasteiger partial charge on any atom is 0.454 e. The highest BCUT2D eigenvalue weighted by molar-refractivity contribution is 6.03. The van der Waals surface area contributed by atoms with E-state index in [4.69, 9.17) is 0 Å². The average molecular weight is 307 g/mol. The monoisotopic (exact) mass is 307 g/mol. The van der Waals surface area contributed by atoms with Crippen molar-refractivity contribution in [3.8, 4) is 0 Å². The zero-order valence-corrected chi connectivity index (χ0v) is 12.0. The lowest BCUT2D eigenvalue weighted by molar-refractivity contribution is -0.0885. The van der Waals surface area contributed by atoms with Gasteiger partial charge in [-0.3, -0.25) is 4.79 Å². The first-order valence-electron chi connectivity index (χ1n) is 7.35. The Labute approximate surface area is 126 Å². The highest BCUT2D eigenvalue weighted by Crippen LogP contribution is 2.28. The van der Waals surface area contributed by atoms with E-state index in [0.717, 1.165) is 37.0 Å². The van der Waals surface area contributed by atoms with Crippen LogP contribution in [0.4, 0.5) is 18.9 Å². The molecular formula is C17H16F3NO. The van der Waals surface area contributed by atoms with Crippen molar-refractivity contribution in [3.63, 3.8) is 0 Å². The molecule has 0 unspecified atom stereocenters. The van der Waals surface area contributed by atoms with Gasteiger partial charge >= 0.3 is 6.18 Å². The van der Waals surface area contributed by atoms with Gasteiger partial charge in [-0.2, -0.15) is 13.2 Å².